The summed E-state index contributed by atoms with van der Waals surface area (Å²) in [6.45, 7) is 4.56. The van der Waals surface area contributed by atoms with Gasteiger partial charge in [-0.3, -0.25) is 14.8 Å². The Bertz CT molecular complexity index is 1350. The van der Waals surface area contributed by atoms with Gasteiger partial charge in [0.2, 0.25) is 5.91 Å². The van der Waals surface area contributed by atoms with Crippen LogP contribution in [0, 0.1) is 13.8 Å². The van der Waals surface area contributed by atoms with Crippen LogP contribution in [0.15, 0.2) is 85.3 Å². The molecule has 2 atom stereocenters. The van der Waals surface area contributed by atoms with Crippen molar-refractivity contribution >= 4 is 28.9 Å². The normalized spacial score (nSPS) is 17.2. The molecule has 2 N–H and O–H groups in total. The highest BCUT2D eigenvalue weighted by Gasteiger charge is 2.41. The Kier molecular flexibility index (Phi) is 6.77. The number of rotatable bonds is 7. The number of carbonyl (C=O) groups is 1. The van der Waals surface area contributed by atoms with Gasteiger partial charge in [-0.15, -0.1) is 0 Å². The first-order valence-corrected chi connectivity index (χ1v) is 12.4. The summed E-state index contributed by atoms with van der Waals surface area (Å²) in [7, 11) is 0. The Labute approximate surface area is 216 Å². The summed E-state index contributed by atoms with van der Waals surface area (Å²) in [6.07, 6.45) is 5.71. The molecule has 0 bridgehead atoms. The maximum absolute atomic E-state index is 12.8. The highest BCUT2D eigenvalue weighted by molar-refractivity contribution is 7.80. The molecular formula is C28H28N6OS. The van der Waals surface area contributed by atoms with E-state index in [0.717, 1.165) is 34.0 Å². The summed E-state index contributed by atoms with van der Waals surface area (Å²) in [6, 6.07) is 21.6. The lowest BCUT2D eigenvalue weighted by Crippen LogP contribution is -2.33. The van der Waals surface area contributed by atoms with Gasteiger partial charge in [-0.2, -0.15) is 0 Å². The highest BCUT2D eigenvalue weighted by Crippen LogP contribution is 2.40. The molecule has 1 aliphatic heterocycles. The lowest BCUT2D eigenvalue weighted by molar-refractivity contribution is -0.116. The van der Waals surface area contributed by atoms with Gasteiger partial charge in [-0.05, 0) is 74.6 Å². The van der Waals surface area contributed by atoms with Crippen molar-refractivity contribution in [3.8, 4) is 5.69 Å². The van der Waals surface area contributed by atoms with Crippen molar-refractivity contribution in [1.82, 2.24) is 24.8 Å². The smallest absolute Gasteiger partial charge is 0.226 e. The molecule has 36 heavy (non-hydrogen) atoms. The molecule has 0 spiro atoms. The maximum atomic E-state index is 12.8. The number of hydrogen-bond donors (Lipinski definition) is 2. The number of benzene rings is 1. The fourth-order valence-corrected chi connectivity index (χ4v) is 5.01. The number of nitrogens with zero attached hydrogens (tertiary/aromatic N) is 4. The Hall–Kier alpha value is -4.04. The van der Waals surface area contributed by atoms with Gasteiger partial charge in [0.05, 0.1) is 29.7 Å². The first kappa shape index (κ1) is 23.7. The van der Waals surface area contributed by atoms with Crippen molar-refractivity contribution < 1.29 is 4.79 Å². The molecule has 1 aromatic carbocycles. The maximum Gasteiger partial charge on any atom is 0.226 e. The van der Waals surface area contributed by atoms with Crippen molar-refractivity contribution in [2.45, 2.75) is 32.4 Å². The Morgan fingerprint density at radius 2 is 1.86 bits per heavy atom. The van der Waals surface area contributed by atoms with Crippen LogP contribution >= 0.6 is 12.2 Å². The fourth-order valence-electron chi connectivity index (χ4n) is 4.68. The van der Waals surface area contributed by atoms with E-state index < -0.39 is 0 Å². The van der Waals surface area contributed by atoms with Gasteiger partial charge in [0.25, 0.3) is 0 Å². The monoisotopic (exact) mass is 496 g/mol. The van der Waals surface area contributed by atoms with Crippen molar-refractivity contribution in [3.05, 3.63) is 108 Å². The molecule has 4 aromatic rings. The van der Waals surface area contributed by atoms with Crippen LogP contribution in [-0.4, -0.2) is 37.0 Å². The van der Waals surface area contributed by atoms with Crippen LogP contribution in [0.3, 0.4) is 0 Å². The van der Waals surface area contributed by atoms with Gasteiger partial charge < -0.3 is 20.1 Å². The van der Waals surface area contributed by atoms with Gasteiger partial charge in [0, 0.05) is 42.4 Å². The van der Waals surface area contributed by atoms with E-state index in [9.17, 15) is 4.79 Å². The first-order chi connectivity index (χ1) is 17.5. The van der Waals surface area contributed by atoms with E-state index in [2.05, 4.69) is 49.1 Å². The van der Waals surface area contributed by atoms with E-state index in [0.29, 0.717) is 18.1 Å². The molecule has 1 amide bonds. The molecule has 182 valence electrons. The molecule has 0 unspecified atom stereocenters. The van der Waals surface area contributed by atoms with Crippen molar-refractivity contribution in [2.75, 3.05) is 11.9 Å². The number of nitrogens with one attached hydrogen (secondary N) is 2. The van der Waals surface area contributed by atoms with Gasteiger partial charge in [-0.25, -0.2) is 0 Å². The minimum atomic E-state index is -0.163. The molecule has 1 saturated heterocycles. The van der Waals surface area contributed by atoms with Crippen LogP contribution in [0.2, 0.25) is 0 Å². The number of carbonyl (C=O) groups excluding carboxylic acids is 1. The van der Waals surface area contributed by atoms with E-state index in [-0.39, 0.29) is 18.0 Å². The quantitative estimate of drug-likeness (QED) is 0.355. The number of hydrogen-bond acceptors (Lipinski definition) is 4. The second-order valence-electron chi connectivity index (χ2n) is 8.93. The number of aryl methyl sites for hydroxylation is 2. The average molecular weight is 497 g/mol. The van der Waals surface area contributed by atoms with E-state index >= 15 is 0 Å². The summed E-state index contributed by atoms with van der Waals surface area (Å²) < 4.78 is 2.20. The van der Waals surface area contributed by atoms with Crippen molar-refractivity contribution in [3.63, 3.8) is 0 Å². The molecule has 0 aliphatic carbocycles. The summed E-state index contributed by atoms with van der Waals surface area (Å²) in [5.41, 5.74) is 5.96. The molecule has 4 heterocycles. The fraction of sp³-hybridized carbons (Fsp3) is 0.214. The summed E-state index contributed by atoms with van der Waals surface area (Å²) in [5, 5.41) is 7.07. The van der Waals surface area contributed by atoms with E-state index in [4.69, 9.17) is 12.2 Å². The second kappa shape index (κ2) is 10.3. The van der Waals surface area contributed by atoms with Gasteiger partial charge in [0.1, 0.15) is 0 Å². The van der Waals surface area contributed by atoms with E-state index in [1.165, 1.54) is 0 Å². The molecular weight excluding hydrogens is 468 g/mol. The molecule has 3 aromatic heterocycles. The van der Waals surface area contributed by atoms with Crippen LogP contribution in [0.4, 0.5) is 5.69 Å². The van der Waals surface area contributed by atoms with E-state index in [1.807, 2.05) is 67.7 Å². The lowest BCUT2D eigenvalue weighted by Gasteiger charge is -2.29. The number of thiocarbonyl (C=S) groups is 1. The third-order valence-corrected chi connectivity index (χ3v) is 6.78. The van der Waals surface area contributed by atoms with Crippen molar-refractivity contribution in [1.29, 1.82) is 0 Å². The van der Waals surface area contributed by atoms with Crippen LogP contribution in [0.25, 0.3) is 5.69 Å². The first-order valence-electron chi connectivity index (χ1n) is 11.9. The zero-order chi connectivity index (χ0) is 25.1. The van der Waals surface area contributed by atoms with Gasteiger partial charge >= 0.3 is 0 Å². The topological polar surface area (TPSA) is 75.1 Å². The zero-order valence-electron chi connectivity index (χ0n) is 20.3. The standard InChI is InChI=1S/C28H28N6OS/c1-19-8-11-21(12-9-19)31-25(35)14-17-33-27(26(32-28(33)36)23-7-3-4-16-30-23)24-13-10-20(2)34(24)22-6-5-15-29-18-22/h3-13,15-16,18,26-27H,14,17H2,1-2H3,(H,31,35)(H,32,36)/t26-,27-/m0/s1. The molecule has 1 fully saturated rings. The Balaban J connectivity index is 1.45. The number of aromatic nitrogens is 3. The van der Waals surface area contributed by atoms with Crippen LogP contribution in [-0.2, 0) is 4.79 Å². The number of anilines is 1. The summed E-state index contributed by atoms with van der Waals surface area (Å²) in [5.74, 6) is -0.0551. The minimum absolute atomic E-state index is 0.0551. The third-order valence-electron chi connectivity index (χ3n) is 6.43. The minimum Gasteiger partial charge on any atom is -0.352 e. The Morgan fingerprint density at radius 1 is 1.03 bits per heavy atom. The van der Waals surface area contributed by atoms with Crippen LogP contribution in [0.1, 0.15) is 41.1 Å². The van der Waals surface area contributed by atoms with Gasteiger partial charge in [-0.1, -0.05) is 23.8 Å². The molecule has 5 rings (SSSR count). The molecule has 8 heteroatoms. The zero-order valence-corrected chi connectivity index (χ0v) is 21.1. The highest BCUT2D eigenvalue weighted by atomic mass is 32.1. The third kappa shape index (κ3) is 4.85. The predicted molar refractivity (Wildman–Crippen MR) is 145 cm³/mol. The SMILES string of the molecule is Cc1ccc(NC(=O)CCN2C(=S)N[C@@H](c3ccccn3)[C@@H]2c2ccc(C)n2-c2cccnc2)cc1. The number of amides is 1. The molecule has 0 saturated carbocycles. The molecule has 7 nitrogen and oxygen atoms in total. The largest absolute Gasteiger partial charge is 0.352 e. The van der Waals surface area contributed by atoms with Gasteiger partial charge in [0.15, 0.2) is 5.11 Å². The second-order valence-corrected chi connectivity index (χ2v) is 9.32. The van der Waals surface area contributed by atoms with Crippen LogP contribution in [0.5, 0.6) is 0 Å². The summed E-state index contributed by atoms with van der Waals surface area (Å²) in [4.78, 5) is 23.9. The van der Waals surface area contributed by atoms with Crippen molar-refractivity contribution in [2.24, 2.45) is 0 Å². The Morgan fingerprint density at radius 3 is 2.58 bits per heavy atom. The molecule has 0 radical (unpaired) electrons. The predicted octanol–water partition coefficient (Wildman–Crippen LogP) is 4.89. The number of pyridine rings is 2. The molecule has 1 aliphatic rings. The van der Waals surface area contributed by atoms with E-state index in [1.54, 1.807) is 12.4 Å². The average Bonchev–Trinajstić information content (AvgIpc) is 3.44. The van der Waals surface area contributed by atoms with Crippen LogP contribution < -0.4 is 10.6 Å². The lowest BCUT2D eigenvalue weighted by atomic mass is 10.0. The summed E-state index contributed by atoms with van der Waals surface area (Å²) >= 11 is 5.79.